The summed E-state index contributed by atoms with van der Waals surface area (Å²) in [5.74, 6) is 1.39. The molecule has 0 bridgehead atoms. The second-order valence-electron chi connectivity index (χ2n) is 4.33. The Kier molecular flexibility index (Phi) is 7.14. The van der Waals surface area contributed by atoms with E-state index in [4.69, 9.17) is 5.11 Å². The van der Waals surface area contributed by atoms with Gasteiger partial charge in [0.2, 0.25) is 10.0 Å². The zero-order valence-electron chi connectivity index (χ0n) is 11.6. The van der Waals surface area contributed by atoms with Crippen molar-refractivity contribution < 1.29 is 21.9 Å². The lowest BCUT2D eigenvalue weighted by Crippen LogP contribution is -2.26. The van der Waals surface area contributed by atoms with Crippen molar-refractivity contribution in [2.24, 2.45) is 0 Å². The molecule has 21 heavy (non-hydrogen) atoms. The maximum absolute atomic E-state index is 12.0. The lowest BCUT2D eigenvalue weighted by atomic mass is 10.4. The molecule has 0 atom stereocenters. The molecule has 0 fully saturated rings. The van der Waals surface area contributed by atoms with Gasteiger partial charge in [-0.15, -0.1) is 0 Å². The number of thioether (sulfide) groups is 1. The molecule has 0 aliphatic rings. The number of hydrogen-bond donors (Lipinski definition) is 2. The fourth-order valence-corrected chi connectivity index (χ4v) is 4.04. The van der Waals surface area contributed by atoms with E-state index in [-0.39, 0.29) is 22.9 Å². The molecule has 0 spiro atoms. The number of benzene rings is 1. The Morgan fingerprint density at radius 2 is 1.62 bits per heavy atom. The van der Waals surface area contributed by atoms with Crippen molar-refractivity contribution in [1.82, 2.24) is 4.72 Å². The van der Waals surface area contributed by atoms with Crippen LogP contribution in [0.2, 0.25) is 0 Å². The Labute approximate surface area is 129 Å². The number of hydrogen-bond acceptors (Lipinski definition) is 6. The molecule has 0 saturated heterocycles. The zero-order valence-corrected chi connectivity index (χ0v) is 14.1. The standard InChI is InChI=1S/C12H19NO5S3/c1-20(15,16)11-3-5-12(6-4-11)21(17,18)13-7-10-19-9-2-8-14/h3-6,13-14H,2,7-10H2,1H3. The van der Waals surface area contributed by atoms with Crippen molar-refractivity contribution in [3.05, 3.63) is 24.3 Å². The monoisotopic (exact) mass is 353 g/mol. The Morgan fingerprint density at radius 1 is 1.05 bits per heavy atom. The smallest absolute Gasteiger partial charge is 0.240 e. The van der Waals surface area contributed by atoms with Crippen LogP contribution >= 0.6 is 11.8 Å². The third-order valence-corrected chi connectivity index (χ3v) is 6.22. The van der Waals surface area contributed by atoms with Gasteiger partial charge in [-0.1, -0.05) is 0 Å². The van der Waals surface area contributed by atoms with Gasteiger partial charge >= 0.3 is 0 Å². The van der Waals surface area contributed by atoms with Crippen molar-refractivity contribution in [3.8, 4) is 0 Å². The molecular formula is C12H19NO5S3. The largest absolute Gasteiger partial charge is 0.396 e. The number of sulfonamides is 1. The van der Waals surface area contributed by atoms with Crippen molar-refractivity contribution >= 4 is 31.6 Å². The molecule has 0 aromatic heterocycles. The van der Waals surface area contributed by atoms with E-state index in [0.29, 0.717) is 12.2 Å². The average Bonchev–Trinajstić information content (AvgIpc) is 2.42. The van der Waals surface area contributed by atoms with E-state index in [1.54, 1.807) is 11.8 Å². The summed E-state index contributed by atoms with van der Waals surface area (Å²) in [5.41, 5.74) is 0. The summed E-state index contributed by atoms with van der Waals surface area (Å²) >= 11 is 1.55. The normalized spacial score (nSPS) is 12.5. The SMILES string of the molecule is CS(=O)(=O)c1ccc(S(=O)(=O)NCCSCCCO)cc1. The summed E-state index contributed by atoms with van der Waals surface area (Å²) < 4.78 is 49.0. The molecule has 0 heterocycles. The van der Waals surface area contributed by atoms with E-state index in [2.05, 4.69) is 4.72 Å². The Hall–Kier alpha value is -0.610. The molecule has 1 aromatic rings. The van der Waals surface area contributed by atoms with Gasteiger partial charge in [-0.3, -0.25) is 0 Å². The Balaban J connectivity index is 2.58. The highest BCUT2D eigenvalue weighted by Gasteiger charge is 2.14. The van der Waals surface area contributed by atoms with E-state index < -0.39 is 19.9 Å². The molecule has 0 radical (unpaired) electrons. The first-order chi connectivity index (χ1) is 9.77. The van der Waals surface area contributed by atoms with E-state index in [0.717, 1.165) is 12.0 Å². The maximum atomic E-state index is 12.0. The van der Waals surface area contributed by atoms with Crippen LogP contribution in [-0.2, 0) is 19.9 Å². The van der Waals surface area contributed by atoms with Gasteiger partial charge in [0.1, 0.15) is 0 Å². The van der Waals surface area contributed by atoms with Crippen molar-refractivity contribution in [1.29, 1.82) is 0 Å². The van der Waals surface area contributed by atoms with Crippen LogP contribution in [0.3, 0.4) is 0 Å². The van der Waals surface area contributed by atoms with Gasteiger partial charge in [0.15, 0.2) is 9.84 Å². The number of rotatable bonds is 9. The summed E-state index contributed by atoms with van der Waals surface area (Å²) in [6, 6.07) is 5.11. The van der Waals surface area contributed by atoms with Gasteiger partial charge in [-0.05, 0) is 36.4 Å². The van der Waals surface area contributed by atoms with Crippen LogP contribution in [0.5, 0.6) is 0 Å². The molecule has 0 aliphatic heterocycles. The first-order valence-electron chi connectivity index (χ1n) is 6.26. The molecule has 0 saturated carbocycles. The lowest BCUT2D eigenvalue weighted by Gasteiger charge is -2.07. The second kappa shape index (κ2) is 8.14. The molecular weight excluding hydrogens is 334 g/mol. The first-order valence-corrected chi connectivity index (χ1v) is 10.8. The highest BCUT2D eigenvalue weighted by Crippen LogP contribution is 2.14. The summed E-state index contributed by atoms with van der Waals surface area (Å²) in [4.78, 5) is 0.122. The van der Waals surface area contributed by atoms with Crippen LogP contribution < -0.4 is 4.72 Å². The lowest BCUT2D eigenvalue weighted by molar-refractivity contribution is 0.296. The fraction of sp³-hybridized carbons (Fsp3) is 0.500. The molecule has 1 rings (SSSR count). The fourth-order valence-electron chi connectivity index (χ4n) is 1.47. The Bertz CT molecular complexity index is 638. The highest BCUT2D eigenvalue weighted by atomic mass is 32.2. The second-order valence-corrected chi connectivity index (χ2v) is 9.34. The van der Waals surface area contributed by atoms with Crippen molar-refractivity contribution in [2.75, 3.05) is 30.9 Å². The van der Waals surface area contributed by atoms with Gasteiger partial charge < -0.3 is 5.11 Å². The molecule has 2 N–H and O–H groups in total. The van der Waals surface area contributed by atoms with Gasteiger partial charge in [-0.25, -0.2) is 21.6 Å². The molecule has 120 valence electrons. The van der Waals surface area contributed by atoms with E-state index in [9.17, 15) is 16.8 Å². The number of aliphatic hydroxyl groups excluding tert-OH is 1. The summed E-state index contributed by atoms with van der Waals surface area (Å²) in [5, 5.41) is 8.61. The Morgan fingerprint density at radius 3 is 2.14 bits per heavy atom. The van der Waals surface area contributed by atoms with E-state index >= 15 is 0 Å². The first kappa shape index (κ1) is 18.4. The molecule has 0 aliphatic carbocycles. The summed E-state index contributed by atoms with van der Waals surface area (Å²) in [7, 11) is -6.96. The summed E-state index contributed by atoms with van der Waals surface area (Å²) in [6.45, 7) is 0.414. The quantitative estimate of drug-likeness (QED) is 0.627. The van der Waals surface area contributed by atoms with Crippen LogP contribution in [0.15, 0.2) is 34.1 Å². The predicted molar refractivity (Wildman–Crippen MR) is 83.8 cm³/mol. The highest BCUT2D eigenvalue weighted by molar-refractivity contribution is 7.99. The number of aliphatic hydroxyl groups is 1. The van der Waals surface area contributed by atoms with Crippen LogP contribution in [0, 0.1) is 0 Å². The van der Waals surface area contributed by atoms with Crippen LogP contribution in [0.4, 0.5) is 0 Å². The third kappa shape index (κ3) is 6.35. The summed E-state index contributed by atoms with van der Waals surface area (Å²) in [6.07, 6.45) is 1.75. The van der Waals surface area contributed by atoms with Gasteiger partial charge in [0.05, 0.1) is 9.79 Å². The van der Waals surface area contributed by atoms with Crippen LogP contribution in [0.25, 0.3) is 0 Å². The van der Waals surface area contributed by atoms with E-state index in [1.807, 2.05) is 0 Å². The number of sulfone groups is 1. The van der Waals surface area contributed by atoms with Gasteiger partial charge in [0.25, 0.3) is 0 Å². The van der Waals surface area contributed by atoms with Crippen molar-refractivity contribution in [3.63, 3.8) is 0 Å². The van der Waals surface area contributed by atoms with Crippen LogP contribution in [-0.4, -0.2) is 52.9 Å². The molecule has 1 aromatic carbocycles. The average molecular weight is 353 g/mol. The minimum absolute atomic E-state index is 0.0373. The minimum Gasteiger partial charge on any atom is -0.396 e. The zero-order chi connectivity index (χ0) is 15.9. The number of nitrogens with one attached hydrogen (secondary N) is 1. The molecule has 6 nitrogen and oxygen atoms in total. The van der Waals surface area contributed by atoms with E-state index in [1.165, 1.54) is 24.3 Å². The molecule has 0 amide bonds. The van der Waals surface area contributed by atoms with Crippen molar-refractivity contribution in [2.45, 2.75) is 16.2 Å². The van der Waals surface area contributed by atoms with Crippen LogP contribution in [0.1, 0.15) is 6.42 Å². The molecule has 0 unspecified atom stereocenters. The van der Waals surface area contributed by atoms with Gasteiger partial charge in [-0.2, -0.15) is 11.8 Å². The third-order valence-electron chi connectivity index (χ3n) is 2.55. The predicted octanol–water partition coefficient (Wildman–Crippen LogP) is 0.484. The maximum Gasteiger partial charge on any atom is 0.240 e. The topological polar surface area (TPSA) is 101 Å². The molecule has 9 heteroatoms. The van der Waals surface area contributed by atoms with Gasteiger partial charge in [0, 0.05) is 25.2 Å². The minimum atomic E-state index is -3.62.